The maximum absolute atomic E-state index is 3.91. The maximum Gasteiger partial charge on any atom is 0.0541 e. The quantitative estimate of drug-likeness (QED) is 0.138. The van der Waals surface area contributed by atoms with Crippen LogP contribution in [0.2, 0.25) is 0 Å². The molecule has 2 nitrogen and oxygen atoms in total. The number of benzene rings is 5. The molecule has 2 heteroatoms. The Morgan fingerprint density at radius 2 is 1.21 bits per heavy atom. The number of aryl methyl sites for hydroxylation is 1. The molecule has 6 aromatic rings. The van der Waals surface area contributed by atoms with Crippen molar-refractivity contribution in [1.29, 1.82) is 0 Å². The van der Waals surface area contributed by atoms with E-state index in [0.717, 1.165) is 29.0 Å². The van der Waals surface area contributed by atoms with E-state index in [2.05, 4.69) is 144 Å². The third kappa shape index (κ3) is 5.76. The molecule has 0 fully saturated rings. The zero-order chi connectivity index (χ0) is 28.7. The van der Waals surface area contributed by atoms with E-state index in [1.165, 1.54) is 71.6 Å². The van der Waals surface area contributed by atoms with E-state index in [1.54, 1.807) is 0 Å². The van der Waals surface area contributed by atoms with Crippen LogP contribution in [0.4, 0.5) is 17.1 Å². The summed E-state index contributed by atoms with van der Waals surface area (Å²) >= 11 is 0. The Bertz CT molecular complexity index is 1760. The van der Waals surface area contributed by atoms with Gasteiger partial charge in [0.15, 0.2) is 0 Å². The summed E-state index contributed by atoms with van der Waals surface area (Å²) in [5.74, 6) is 0. The van der Waals surface area contributed by atoms with Crippen molar-refractivity contribution in [2.45, 2.75) is 51.9 Å². The van der Waals surface area contributed by atoms with E-state index in [9.17, 15) is 0 Å². The molecule has 0 aliphatic rings. The van der Waals surface area contributed by atoms with Crippen LogP contribution in [-0.2, 0) is 6.42 Å². The van der Waals surface area contributed by atoms with Crippen molar-refractivity contribution in [2.24, 2.45) is 0 Å². The minimum atomic E-state index is 1.11. The smallest absolute Gasteiger partial charge is 0.0541 e. The summed E-state index contributed by atoms with van der Waals surface area (Å²) in [6, 6.07) is 44.0. The minimum absolute atomic E-state index is 1.11. The Labute approximate surface area is 250 Å². The Hall–Kier alpha value is -4.56. The van der Waals surface area contributed by atoms with Gasteiger partial charge in [0, 0.05) is 33.5 Å². The summed E-state index contributed by atoms with van der Waals surface area (Å²) in [6.07, 6.45) is 11.0. The van der Waals surface area contributed by atoms with Crippen molar-refractivity contribution in [3.8, 4) is 5.69 Å². The number of nitrogens with zero attached hydrogens (tertiary/aromatic N) is 2. The highest BCUT2D eigenvalue weighted by Crippen LogP contribution is 2.37. The number of anilines is 3. The van der Waals surface area contributed by atoms with Crippen LogP contribution in [0.15, 0.2) is 128 Å². The van der Waals surface area contributed by atoms with Crippen molar-refractivity contribution in [3.63, 3.8) is 0 Å². The normalized spacial score (nSPS) is 11.3. The first-order valence-corrected chi connectivity index (χ1v) is 15.5. The van der Waals surface area contributed by atoms with Crippen LogP contribution in [0.5, 0.6) is 0 Å². The highest BCUT2D eigenvalue weighted by Gasteiger charge is 2.15. The highest BCUT2D eigenvalue weighted by atomic mass is 15.1. The summed E-state index contributed by atoms with van der Waals surface area (Å²) in [4.78, 5) is 2.30. The largest absolute Gasteiger partial charge is 0.311 e. The molecule has 0 saturated heterocycles. The number of unbranched alkanes of at least 4 members (excludes halogenated alkanes) is 5. The topological polar surface area (TPSA) is 8.17 Å². The molecule has 210 valence electrons. The number of hydrogen-bond donors (Lipinski definition) is 0. The second-order valence-corrected chi connectivity index (χ2v) is 11.2. The zero-order valence-electron chi connectivity index (χ0n) is 24.7. The second kappa shape index (κ2) is 13.0. The Balaban J connectivity index is 1.34. The van der Waals surface area contributed by atoms with E-state index in [0.29, 0.717) is 0 Å². The summed E-state index contributed by atoms with van der Waals surface area (Å²) in [6.45, 7) is 6.19. The molecule has 1 aromatic heterocycles. The van der Waals surface area contributed by atoms with Crippen LogP contribution in [-0.4, -0.2) is 4.57 Å². The molecule has 0 N–H and O–H groups in total. The summed E-state index contributed by atoms with van der Waals surface area (Å²) < 4.78 is 2.41. The molecule has 0 unspecified atom stereocenters. The van der Waals surface area contributed by atoms with Crippen LogP contribution in [0.1, 0.15) is 56.6 Å². The lowest BCUT2D eigenvalue weighted by Crippen LogP contribution is -2.10. The monoisotopic (exact) mass is 548 g/mol. The number of fused-ring (bicyclic) bond motifs is 3. The Morgan fingerprint density at radius 1 is 0.595 bits per heavy atom. The zero-order valence-corrected chi connectivity index (χ0v) is 24.7. The van der Waals surface area contributed by atoms with E-state index < -0.39 is 0 Å². The lowest BCUT2D eigenvalue weighted by molar-refractivity contribution is 0.607. The fourth-order valence-corrected chi connectivity index (χ4v) is 6.10. The molecule has 0 saturated carbocycles. The predicted molar refractivity (Wildman–Crippen MR) is 183 cm³/mol. The van der Waals surface area contributed by atoms with Gasteiger partial charge in [-0.3, -0.25) is 0 Å². The van der Waals surface area contributed by atoms with Crippen LogP contribution in [0.3, 0.4) is 0 Å². The van der Waals surface area contributed by atoms with Crippen molar-refractivity contribution in [3.05, 3.63) is 139 Å². The molecule has 6 rings (SSSR count). The van der Waals surface area contributed by atoms with Crippen molar-refractivity contribution in [1.82, 2.24) is 4.57 Å². The molecule has 0 atom stereocenters. The van der Waals surface area contributed by atoms with Gasteiger partial charge in [-0.2, -0.15) is 0 Å². The molecule has 0 spiro atoms. The average Bonchev–Trinajstić information content (AvgIpc) is 3.38. The van der Waals surface area contributed by atoms with Gasteiger partial charge in [-0.15, -0.1) is 0 Å². The molecule has 1 heterocycles. The van der Waals surface area contributed by atoms with Crippen LogP contribution < -0.4 is 4.90 Å². The number of aromatic nitrogens is 1. The standard InChI is InChI=1S/C40H40N2/c1-3-5-6-7-8-10-15-32-22-29-40-38(30-32)37-18-13-14-19-39(37)42(40)36-27-25-35(26-28-36)41(33-16-11-9-12-17-33)34-23-20-31(4-2)21-24-34/h4,9,11-14,16-30H,2-3,5-8,10,15H2,1H3. The van der Waals surface area contributed by atoms with Crippen molar-refractivity contribution in [2.75, 3.05) is 4.90 Å². The first-order valence-electron chi connectivity index (χ1n) is 15.5. The van der Waals surface area contributed by atoms with Crippen LogP contribution in [0.25, 0.3) is 33.6 Å². The van der Waals surface area contributed by atoms with Crippen molar-refractivity contribution < 1.29 is 0 Å². The maximum atomic E-state index is 3.91. The molecule has 5 aromatic carbocycles. The van der Waals surface area contributed by atoms with Gasteiger partial charge >= 0.3 is 0 Å². The average molecular weight is 549 g/mol. The van der Waals surface area contributed by atoms with Gasteiger partial charge in [-0.1, -0.05) is 106 Å². The van der Waals surface area contributed by atoms with Gasteiger partial charge < -0.3 is 9.47 Å². The number of para-hydroxylation sites is 2. The molecular weight excluding hydrogens is 508 g/mol. The fraction of sp³-hybridized carbons (Fsp3) is 0.200. The van der Waals surface area contributed by atoms with Gasteiger partial charge in [-0.05, 0) is 90.7 Å². The Morgan fingerprint density at radius 3 is 1.95 bits per heavy atom. The molecule has 0 aliphatic heterocycles. The van der Waals surface area contributed by atoms with Gasteiger partial charge in [0.05, 0.1) is 11.0 Å². The fourth-order valence-electron chi connectivity index (χ4n) is 6.10. The van der Waals surface area contributed by atoms with Crippen LogP contribution in [0, 0.1) is 0 Å². The van der Waals surface area contributed by atoms with Gasteiger partial charge in [-0.25, -0.2) is 0 Å². The van der Waals surface area contributed by atoms with Crippen LogP contribution >= 0.6 is 0 Å². The third-order valence-corrected chi connectivity index (χ3v) is 8.32. The lowest BCUT2D eigenvalue weighted by atomic mass is 10.0. The van der Waals surface area contributed by atoms with E-state index in [1.807, 2.05) is 6.08 Å². The first kappa shape index (κ1) is 27.6. The second-order valence-electron chi connectivity index (χ2n) is 11.2. The number of rotatable bonds is 12. The molecule has 0 amide bonds. The predicted octanol–water partition coefficient (Wildman–Crippen LogP) is 11.8. The van der Waals surface area contributed by atoms with E-state index in [-0.39, 0.29) is 0 Å². The number of hydrogen-bond acceptors (Lipinski definition) is 1. The van der Waals surface area contributed by atoms with Crippen molar-refractivity contribution >= 4 is 44.9 Å². The molecule has 0 radical (unpaired) electrons. The lowest BCUT2D eigenvalue weighted by Gasteiger charge is -2.26. The third-order valence-electron chi connectivity index (χ3n) is 8.32. The van der Waals surface area contributed by atoms with E-state index >= 15 is 0 Å². The highest BCUT2D eigenvalue weighted by molar-refractivity contribution is 6.09. The molecular formula is C40H40N2. The first-order chi connectivity index (χ1) is 20.8. The minimum Gasteiger partial charge on any atom is -0.311 e. The molecule has 0 aliphatic carbocycles. The van der Waals surface area contributed by atoms with E-state index in [4.69, 9.17) is 0 Å². The van der Waals surface area contributed by atoms with Gasteiger partial charge in [0.1, 0.15) is 0 Å². The molecule has 0 bridgehead atoms. The summed E-state index contributed by atoms with van der Waals surface area (Å²) in [5, 5.41) is 2.65. The Kier molecular flexibility index (Phi) is 8.51. The summed E-state index contributed by atoms with van der Waals surface area (Å²) in [7, 11) is 0. The van der Waals surface area contributed by atoms with Gasteiger partial charge in [0.25, 0.3) is 0 Å². The molecule has 42 heavy (non-hydrogen) atoms. The summed E-state index contributed by atoms with van der Waals surface area (Å²) in [5.41, 5.74) is 9.61. The SMILES string of the molecule is C=Cc1ccc(N(c2ccccc2)c2ccc(-n3c4ccccc4c4cc(CCCCCCCC)ccc43)cc2)cc1. The van der Waals surface area contributed by atoms with Gasteiger partial charge in [0.2, 0.25) is 0 Å².